The normalized spacial score (nSPS) is 59.8. The van der Waals surface area contributed by atoms with Gasteiger partial charge in [0.1, 0.15) is 54.4 Å². The van der Waals surface area contributed by atoms with E-state index in [1.54, 1.807) is 0 Å². The van der Waals surface area contributed by atoms with E-state index in [4.69, 9.17) is 61.6 Å². The third kappa shape index (κ3) is 8.94. The maximum Gasteiger partial charge on any atom is 0.174 e. The summed E-state index contributed by atoms with van der Waals surface area (Å²) in [6.45, 7) is 13.3. The summed E-state index contributed by atoms with van der Waals surface area (Å²) in [5.41, 5.74) is -1.03. The Morgan fingerprint density at radius 3 is 1.86 bits per heavy atom. The maximum absolute atomic E-state index is 12.4. The molecule has 17 heteroatoms. The van der Waals surface area contributed by atoms with Gasteiger partial charge in [0.05, 0.1) is 117 Å². The summed E-state index contributed by atoms with van der Waals surface area (Å²) in [6.07, 6.45) is 10.3. The summed E-state index contributed by atoms with van der Waals surface area (Å²) in [5.74, 6) is -1.29. The molecule has 0 aromatic heterocycles. The highest BCUT2D eigenvalue weighted by Crippen LogP contribution is 2.53. The molecule has 13 rings (SSSR count). The average molecular weight is 1040 g/mol. The van der Waals surface area contributed by atoms with Crippen LogP contribution in [0.5, 0.6) is 0 Å². The van der Waals surface area contributed by atoms with Crippen molar-refractivity contribution in [3.8, 4) is 0 Å². The number of ether oxygens (including phenoxy) is 13. The van der Waals surface area contributed by atoms with Crippen molar-refractivity contribution in [2.45, 2.75) is 263 Å². The summed E-state index contributed by atoms with van der Waals surface area (Å²) in [5, 5.41) is 46.4. The monoisotopic (exact) mass is 1040 g/mol. The van der Waals surface area contributed by atoms with Gasteiger partial charge in [-0.1, -0.05) is 83.2 Å². The Bertz CT molecular complexity index is 2140. The average Bonchev–Trinajstić information content (AvgIpc) is 3.49. The third-order valence-corrected chi connectivity index (χ3v) is 20.2. The second-order valence-corrected chi connectivity index (χ2v) is 25.0. The van der Waals surface area contributed by atoms with E-state index in [1.807, 2.05) is 26.0 Å². The molecule has 9 saturated heterocycles. The van der Waals surface area contributed by atoms with Gasteiger partial charge >= 0.3 is 0 Å². The summed E-state index contributed by atoms with van der Waals surface area (Å²) in [4.78, 5) is 0. The second-order valence-electron chi connectivity index (χ2n) is 25.0. The smallest absolute Gasteiger partial charge is 0.174 e. The first kappa shape index (κ1) is 51.7. The predicted octanol–water partition coefficient (Wildman–Crippen LogP) is 3.93. The Kier molecular flexibility index (Phi) is 14.1. The number of aliphatic hydroxyl groups is 4. The van der Waals surface area contributed by atoms with Gasteiger partial charge in [0.15, 0.2) is 5.79 Å². The molecule has 1 spiro atoms. The second kappa shape index (κ2) is 20.1. The lowest BCUT2D eigenvalue weighted by Gasteiger charge is -2.54. The van der Waals surface area contributed by atoms with Crippen molar-refractivity contribution in [2.75, 3.05) is 13.2 Å². The molecule has 0 amide bonds. The minimum absolute atomic E-state index is 0.0321. The van der Waals surface area contributed by atoms with Gasteiger partial charge in [-0.15, -0.1) is 0 Å². The standard InChI is InChI=1S/C57H82O17/c1-26-19-42-41(70-49-29(4)52-51(71-43(49)20-26)28(3)47(60)55-50(72-52)27(2)30(5)57(74-55)24-31(58)25-63-57)23-46-56(6,73-42)45(59)22-40-35(68-46)15-10-12-32-33(66-40)13-9-14-34-36(64-32)16-17-37-39(65-34)21-44-54(69-37)48(61)53-38(67-44)11-7-8-18-62-53/h7-10,13,15-17,26-55,58-61H,11-12,14,18-25H2,1-6H3/b13-9-,15-10-/t26-,27-,28+,29+,30-,31-,32+,33-,34+,35-,36-,37+,38-,39-,40+,41-,42+,43-,44+,45+,46+,47-,48+,49+,50+,51+,52-,53-,54+,55+,56+,57+/m0/s1. The van der Waals surface area contributed by atoms with E-state index in [-0.39, 0.29) is 116 Å². The molecule has 13 aliphatic heterocycles. The van der Waals surface area contributed by atoms with E-state index in [2.05, 4.69) is 64.2 Å². The van der Waals surface area contributed by atoms with E-state index < -0.39 is 84.6 Å². The highest BCUT2D eigenvalue weighted by molar-refractivity contribution is 5.16. The van der Waals surface area contributed by atoms with Crippen molar-refractivity contribution in [2.24, 2.45) is 29.6 Å². The molecule has 0 aromatic carbocycles. The molecule has 17 nitrogen and oxygen atoms in total. The van der Waals surface area contributed by atoms with E-state index in [1.165, 1.54) is 0 Å². The summed E-state index contributed by atoms with van der Waals surface area (Å²) in [6, 6.07) is 0. The van der Waals surface area contributed by atoms with Gasteiger partial charge in [0.25, 0.3) is 0 Å². The SMILES string of the molecule is C[C@@H]1C[C@@H]2O[C@@H]3[C@H](C)[C@H](O)[C@H]4O[C@]5(C[C@H](O)CO5)[C@@H](C)[C@H](C)[C@H]4O[C@H]3[C@H](C)[C@H]2O[C@H]2C[C@H]3O[C@H]4/C=C\C[C@H]5O[C@H]6C=C[C@H]7O[C@H]8[C@H](O)[C@H]9OCC=CC[C@@H]9O[C@@H]8C[C@@H]7O[C@@H]6C/C=C\[C@@H]5O[C@@H]4C[C@@H](O)[C@@]3(C)O[C@@H]2C1. The molecule has 0 bridgehead atoms. The number of hydrogen-bond donors (Lipinski definition) is 4. The van der Waals surface area contributed by atoms with E-state index in [0.29, 0.717) is 51.6 Å². The van der Waals surface area contributed by atoms with Crippen molar-refractivity contribution in [3.05, 3.63) is 48.6 Å². The zero-order valence-electron chi connectivity index (χ0n) is 43.8. The molecule has 0 radical (unpaired) electrons. The number of hydrogen-bond acceptors (Lipinski definition) is 17. The molecule has 412 valence electrons. The van der Waals surface area contributed by atoms with Gasteiger partial charge < -0.3 is 82.0 Å². The van der Waals surface area contributed by atoms with Crippen LogP contribution < -0.4 is 0 Å². The number of fused-ring (bicyclic) bond motifs is 11. The Morgan fingerprint density at radius 2 is 1.08 bits per heavy atom. The molecule has 9 fully saturated rings. The van der Waals surface area contributed by atoms with Crippen LogP contribution in [-0.4, -0.2) is 198 Å². The Morgan fingerprint density at radius 1 is 0.446 bits per heavy atom. The number of rotatable bonds is 0. The highest BCUT2D eigenvalue weighted by Gasteiger charge is 2.64. The van der Waals surface area contributed by atoms with Crippen LogP contribution in [0.3, 0.4) is 0 Å². The van der Waals surface area contributed by atoms with E-state index in [0.717, 1.165) is 12.8 Å². The van der Waals surface area contributed by atoms with Gasteiger partial charge in [-0.05, 0) is 50.9 Å². The quantitative estimate of drug-likeness (QED) is 0.254. The fraction of sp³-hybridized carbons (Fsp3) is 0.860. The van der Waals surface area contributed by atoms with Crippen molar-refractivity contribution < 1.29 is 82.0 Å². The lowest BCUT2D eigenvalue weighted by Crippen LogP contribution is -2.64. The summed E-state index contributed by atoms with van der Waals surface area (Å²) >= 11 is 0. The first-order valence-electron chi connectivity index (χ1n) is 28.5. The highest BCUT2D eigenvalue weighted by atomic mass is 16.7. The van der Waals surface area contributed by atoms with Crippen LogP contribution in [-0.2, 0) is 61.6 Å². The fourth-order valence-electron chi connectivity index (χ4n) is 15.7. The van der Waals surface area contributed by atoms with Crippen molar-refractivity contribution in [1.82, 2.24) is 0 Å². The van der Waals surface area contributed by atoms with Crippen LogP contribution in [0, 0.1) is 29.6 Å². The van der Waals surface area contributed by atoms with Crippen LogP contribution >= 0.6 is 0 Å². The molecule has 0 unspecified atom stereocenters. The first-order chi connectivity index (χ1) is 35.6. The van der Waals surface area contributed by atoms with Crippen LogP contribution in [0.1, 0.15) is 99.3 Å². The minimum Gasteiger partial charge on any atom is -0.391 e. The Labute approximate surface area is 435 Å². The predicted molar refractivity (Wildman–Crippen MR) is 262 cm³/mol. The molecule has 0 saturated carbocycles. The lowest BCUT2D eigenvalue weighted by molar-refractivity contribution is -0.342. The molecule has 32 atom stereocenters. The molecule has 4 N–H and O–H groups in total. The molecule has 0 aromatic rings. The maximum atomic E-state index is 12.4. The van der Waals surface area contributed by atoms with Gasteiger partial charge in [-0.25, -0.2) is 0 Å². The van der Waals surface area contributed by atoms with Crippen LogP contribution in [0.15, 0.2) is 48.6 Å². The van der Waals surface area contributed by atoms with E-state index in [9.17, 15) is 20.4 Å². The van der Waals surface area contributed by atoms with Crippen molar-refractivity contribution >= 4 is 0 Å². The van der Waals surface area contributed by atoms with Gasteiger partial charge in [-0.3, -0.25) is 0 Å². The van der Waals surface area contributed by atoms with Gasteiger partial charge in [0.2, 0.25) is 0 Å². The molecule has 13 aliphatic rings. The fourth-order valence-corrected chi connectivity index (χ4v) is 15.7. The zero-order valence-corrected chi connectivity index (χ0v) is 43.8. The van der Waals surface area contributed by atoms with Crippen molar-refractivity contribution in [1.29, 1.82) is 0 Å². The molecule has 74 heavy (non-hydrogen) atoms. The summed E-state index contributed by atoms with van der Waals surface area (Å²) < 4.78 is 88.7. The van der Waals surface area contributed by atoms with Crippen LogP contribution in [0.25, 0.3) is 0 Å². The lowest BCUT2D eigenvalue weighted by atomic mass is 9.75. The summed E-state index contributed by atoms with van der Waals surface area (Å²) in [7, 11) is 0. The minimum atomic E-state index is -1.03. The molecule has 0 aliphatic carbocycles. The van der Waals surface area contributed by atoms with Crippen molar-refractivity contribution in [3.63, 3.8) is 0 Å². The molecule has 13 heterocycles. The topological polar surface area (TPSA) is 201 Å². The Balaban J connectivity index is 0.699. The van der Waals surface area contributed by atoms with Crippen LogP contribution in [0.2, 0.25) is 0 Å². The van der Waals surface area contributed by atoms with E-state index >= 15 is 0 Å². The van der Waals surface area contributed by atoms with Crippen LogP contribution in [0.4, 0.5) is 0 Å². The largest absolute Gasteiger partial charge is 0.391 e. The van der Waals surface area contributed by atoms with Gasteiger partial charge in [0, 0.05) is 43.4 Å². The molecular weight excluding hydrogens is 957 g/mol. The Hall–Kier alpha value is -1.72. The zero-order chi connectivity index (χ0) is 50.9. The third-order valence-electron chi connectivity index (χ3n) is 20.2. The van der Waals surface area contributed by atoms with Gasteiger partial charge in [-0.2, -0.15) is 0 Å². The molecular formula is C57H82O17. The number of aliphatic hydroxyl groups excluding tert-OH is 4. The first-order valence-corrected chi connectivity index (χ1v) is 28.5.